The van der Waals surface area contributed by atoms with Crippen molar-refractivity contribution in [2.45, 2.75) is 33.1 Å². The van der Waals surface area contributed by atoms with Gasteiger partial charge in [0.15, 0.2) is 0 Å². The maximum Gasteiger partial charge on any atom is 0.0107 e. The summed E-state index contributed by atoms with van der Waals surface area (Å²) >= 11 is 0. The second kappa shape index (κ2) is 13.9. The van der Waals surface area contributed by atoms with E-state index in [0.29, 0.717) is 0 Å². The van der Waals surface area contributed by atoms with Crippen LogP contribution in [0.15, 0.2) is 0 Å². The van der Waals surface area contributed by atoms with E-state index in [1.165, 1.54) is 38.9 Å². The third kappa shape index (κ3) is 12.1. The van der Waals surface area contributed by atoms with Gasteiger partial charge in [0.25, 0.3) is 0 Å². The smallest absolute Gasteiger partial charge is 0.0107 e. The SMILES string of the molecule is CCCCN(CCC)CCNCCNCCN. The van der Waals surface area contributed by atoms with Crippen LogP contribution >= 0.6 is 0 Å². The fraction of sp³-hybridized carbons (Fsp3) is 1.00. The summed E-state index contributed by atoms with van der Waals surface area (Å²) in [7, 11) is 0. The molecular formula is C13H32N4. The molecule has 4 heteroatoms. The van der Waals surface area contributed by atoms with Gasteiger partial charge < -0.3 is 21.3 Å². The van der Waals surface area contributed by atoms with Crippen LogP contribution in [0.3, 0.4) is 0 Å². The van der Waals surface area contributed by atoms with Crippen molar-refractivity contribution in [3.8, 4) is 0 Å². The van der Waals surface area contributed by atoms with Gasteiger partial charge in [-0.05, 0) is 25.9 Å². The van der Waals surface area contributed by atoms with Gasteiger partial charge >= 0.3 is 0 Å². The molecule has 0 amide bonds. The minimum Gasteiger partial charge on any atom is -0.329 e. The lowest BCUT2D eigenvalue weighted by atomic mass is 10.3. The van der Waals surface area contributed by atoms with Crippen molar-refractivity contribution in [2.24, 2.45) is 5.73 Å². The summed E-state index contributed by atoms with van der Waals surface area (Å²) in [5.41, 5.74) is 5.40. The van der Waals surface area contributed by atoms with E-state index in [2.05, 4.69) is 29.4 Å². The lowest BCUT2D eigenvalue weighted by molar-refractivity contribution is 0.269. The molecule has 4 N–H and O–H groups in total. The van der Waals surface area contributed by atoms with Gasteiger partial charge in [-0.25, -0.2) is 0 Å². The Balaban J connectivity index is 3.34. The molecule has 0 heterocycles. The number of unbranched alkanes of at least 4 members (excludes halogenated alkanes) is 1. The molecule has 0 fully saturated rings. The summed E-state index contributed by atoms with van der Waals surface area (Å²) in [5, 5.41) is 6.75. The predicted octanol–water partition coefficient (Wildman–Crippen LogP) is 0.636. The first kappa shape index (κ1) is 16.8. The van der Waals surface area contributed by atoms with Gasteiger partial charge in [-0.15, -0.1) is 0 Å². The van der Waals surface area contributed by atoms with Gasteiger partial charge in [0, 0.05) is 39.3 Å². The van der Waals surface area contributed by atoms with E-state index < -0.39 is 0 Å². The van der Waals surface area contributed by atoms with Crippen molar-refractivity contribution in [1.82, 2.24) is 15.5 Å². The van der Waals surface area contributed by atoms with Crippen LogP contribution in [-0.2, 0) is 0 Å². The minimum atomic E-state index is 0.724. The first-order valence-corrected chi connectivity index (χ1v) is 7.19. The Bertz CT molecular complexity index is 141. The molecule has 104 valence electrons. The minimum absolute atomic E-state index is 0.724. The van der Waals surface area contributed by atoms with E-state index in [0.717, 1.165) is 32.7 Å². The highest BCUT2D eigenvalue weighted by molar-refractivity contribution is 4.60. The van der Waals surface area contributed by atoms with Gasteiger partial charge in [0.2, 0.25) is 0 Å². The van der Waals surface area contributed by atoms with Crippen LogP contribution in [-0.4, -0.2) is 57.3 Å². The summed E-state index contributed by atoms with van der Waals surface area (Å²) in [5.74, 6) is 0. The second-order valence-corrected chi connectivity index (χ2v) is 4.48. The van der Waals surface area contributed by atoms with E-state index in [-0.39, 0.29) is 0 Å². The first-order valence-electron chi connectivity index (χ1n) is 7.19. The molecule has 0 saturated carbocycles. The number of nitrogens with zero attached hydrogens (tertiary/aromatic N) is 1. The van der Waals surface area contributed by atoms with Crippen molar-refractivity contribution < 1.29 is 0 Å². The van der Waals surface area contributed by atoms with E-state index in [1.807, 2.05) is 0 Å². The maximum absolute atomic E-state index is 5.40. The molecule has 0 aromatic heterocycles. The molecule has 0 bridgehead atoms. The Morgan fingerprint density at radius 2 is 1.53 bits per heavy atom. The van der Waals surface area contributed by atoms with Crippen molar-refractivity contribution >= 4 is 0 Å². The molecule has 0 aromatic carbocycles. The van der Waals surface area contributed by atoms with Crippen LogP contribution in [0.5, 0.6) is 0 Å². The summed E-state index contributed by atoms with van der Waals surface area (Å²) in [4.78, 5) is 2.56. The molecule has 0 atom stereocenters. The Hall–Kier alpha value is -0.160. The zero-order valence-corrected chi connectivity index (χ0v) is 11.8. The molecule has 0 unspecified atom stereocenters. The average Bonchev–Trinajstić information content (AvgIpc) is 2.34. The van der Waals surface area contributed by atoms with Crippen LogP contribution < -0.4 is 16.4 Å². The van der Waals surface area contributed by atoms with E-state index in [4.69, 9.17) is 5.73 Å². The third-order valence-electron chi connectivity index (χ3n) is 2.77. The summed E-state index contributed by atoms with van der Waals surface area (Å²) < 4.78 is 0. The van der Waals surface area contributed by atoms with E-state index >= 15 is 0 Å². The number of nitrogens with one attached hydrogen (secondary N) is 2. The van der Waals surface area contributed by atoms with Crippen LogP contribution in [0, 0.1) is 0 Å². The van der Waals surface area contributed by atoms with Gasteiger partial charge in [0.05, 0.1) is 0 Å². The zero-order valence-electron chi connectivity index (χ0n) is 11.8. The molecule has 0 aliphatic rings. The molecule has 0 saturated heterocycles. The normalized spacial score (nSPS) is 11.3. The highest BCUT2D eigenvalue weighted by Gasteiger charge is 2.01. The topological polar surface area (TPSA) is 53.3 Å². The Kier molecular flexibility index (Phi) is 13.8. The molecule has 0 aliphatic carbocycles. The summed E-state index contributed by atoms with van der Waals surface area (Å²) in [6.07, 6.45) is 3.86. The molecule has 0 spiro atoms. The molecule has 0 aromatic rings. The molecule has 0 rings (SSSR count). The van der Waals surface area contributed by atoms with Crippen LogP contribution in [0.1, 0.15) is 33.1 Å². The largest absolute Gasteiger partial charge is 0.329 e. The van der Waals surface area contributed by atoms with Crippen LogP contribution in [0.4, 0.5) is 0 Å². The lowest BCUT2D eigenvalue weighted by Crippen LogP contribution is -2.36. The molecule has 4 nitrogen and oxygen atoms in total. The molecule has 0 aliphatic heterocycles. The number of hydrogen-bond donors (Lipinski definition) is 3. The standard InChI is InChI=1S/C13H32N4/c1-3-5-12-17(11-4-2)13-10-16-9-8-15-7-6-14/h15-16H,3-14H2,1-2H3. The third-order valence-corrected chi connectivity index (χ3v) is 2.77. The highest BCUT2D eigenvalue weighted by Crippen LogP contribution is 1.95. The second-order valence-electron chi connectivity index (χ2n) is 4.48. The van der Waals surface area contributed by atoms with Crippen molar-refractivity contribution in [3.63, 3.8) is 0 Å². The quantitative estimate of drug-likeness (QED) is 0.416. The highest BCUT2D eigenvalue weighted by atomic mass is 15.1. The van der Waals surface area contributed by atoms with Gasteiger partial charge in [0.1, 0.15) is 0 Å². The van der Waals surface area contributed by atoms with Gasteiger partial charge in [-0.1, -0.05) is 20.3 Å². The van der Waals surface area contributed by atoms with Crippen molar-refractivity contribution in [2.75, 3.05) is 52.4 Å². The average molecular weight is 244 g/mol. The number of nitrogens with two attached hydrogens (primary N) is 1. The maximum atomic E-state index is 5.40. The van der Waals surface area contributed by atoms with E-state index in [9.17, 15) is 0 Å². The number of hydrogen-bond acceptors (Lipinski definition) is 4. The fourth-order valence-corrected chi connectivity index (χ4v) is 1.80. The Morgan fingerprint density at radius 1 is 0.824 bits per heavy atom. The Labute approximate surface area is 107 Å². The first-order chi connectivity index (χ1) is 8.35. The van der Waals surface area contributed by atoms with Crippen molar-refractivity contribution in [3.05, 3.63) is 0 Å². The van der Waals surface area contributed by atoms with Gasteiger partial charge in [-0.2, -0.15) is 0 Å². The van der Waals surface area contributed by atoms with E-state index in [1.54, 1.807) is 0 Å². The molecule has 17 heavy (non-hydrogen) atoms. The lowest BCUT2D eigenvalue weighted by Gasteiger charge is -2.21. The predicted molar refractivity (Wildman–Crippen MR) is 76.4 cm³/mol. The van der Waals surface area contributed by atoms with Crippen molar-refractivity contribution in [1.29, 1.82) is 0 Å². The zero-order chi connectivity index (χ0) is 12.8. The fourth-order valence-electron chi connectivity index (χ4n) is 1.80. The monoisotopic (exact) mass is 244 g/mol. The van der Waals surface area contributed by atoms with Gasteiger partial charge in [-0.3, -0.25) is 0 Å². The van der Waals surface area contributed by atoms with Crippen LogP contribution in [0.2, 0.25) is 0 Å². The van der Waals surface area contributed by atoms with Crippen LogP contribution in [0.25, 0.3) is 0 Å². The summed E-state index contributed by atoms with van der Waals surface area (Å²) in [6, 6.07) is 0. The number of rotatable bonds is 13. The molecular weight excluding hydrogens is 212 g/mol. The Morgan fingerprint density at radius 3 is 2.12 bits per heavy atom. The molecule has 0 radical (unpaired) electrons. The summed E-state index contributed by atoms with van der Waals surface area (Å²) in [6.45, 7) is 12.9.